The van der Waals surface area contributed by atoms with Crippen molar-refractivity contribution in [2.45, 2.75) is 160 Å². The zero-order valence-corrected chi connectivity index (χ0v) is 37.4. The summed E-state index contributed by atoms with van der Waals surface area (Å²) in [6.45, 7) is 8.73. The minimum Gasteiger partial charge on any atom is -0.463 e. The first-order valence-corrected chi connectivity index (χ1v) is 20.1. The van der Waals surface area contributed by atoms with E-state index in [2.05, 4.69) is 16.0 Å². The summed E-state index contributed by atoms with van der Waals surface area (Å²) in [7, 11) is 0. The predicted molar refractivity (Wildman–Crippen MR) is 207 cm³/mol. The van der Waals surface area contributed by atoms with E-state index in [1.165, 1.54) is 0 Å². The van der Waals surface area contributed by atoms with E-state index in [1.807, 2.05) is 0 Å². The lowest BCUT2D eigenvalue weighted by atomic mass is 9.93. The van der Waals surface area contributed by atoms with Crippen molar-refractivity contribution in [1.29, 1.82) is 0 Å². The molecule has 64 heavy (non-hydrogen) atoms. The Bertz CT molecular complexity index is 1750. The number of carbonyl (C=O) groups excluding carboxylic acids is 10. The molecule has 3 aliphatic heterocycles. The highest BCUT2D eigenvalue weighted by molar-refractivity contribution is 6.20. The van der Waals surface area contributed by atoms with Crippen LogP contribution in [0.5, 0.6) is 0 Å². The Morgan fingerprint density at radius 3 is 1.00 bits per heavy atom. The molecule has 360 valence electrons. The van der Waals surface area contributed by atoms with E-state index in [4.69, 9.17) is 68.4 Å². The molecule has 3 aliphatic rings. The molecule has 3 N–H and O–H groups in total. The maximum absolute atomic E-state index is 13.0. The molecule has 0 aromatic heterocycles. The Hall–Kier alpha value is -5.21. The van der Waals surface area contributed by atoms with Crippen LogP contribution >= 0.6 is 11.6 Å². The van der Waals surface area contributed by atoms with Crippen molar-refractivity contribution >= 4 is 71.1 Å². The van der Waals surface area contributed by atoms with Crippen molar-refractivity contribution in [2.75, 3.05) is 19.8 Å². The summed E-state index contributed by atoms with van der Waals surface area (Å²) in [5, 5.41) is 7.63. The highest BCUT2D eigenvalue weighted by Gasteiger charge is 2.58. The maximum atomic E-state index is 13.0. The molecule has 6 unspecified atom stereocenters. The van der Waals surface area contributed by atoms with E-state index in [9.17, 15) is 47.9 Å². The molecular formula is C38H54ClN3O22. The fourth-order valence-electron chi connectivity index (χ4n) is 7.06. The number of rotatable bonds is 17. The van der Waals surface area contributed by atoms with Crippen molar-refractivity contribution in [2.24, 2.45) is 0 Å². The first kappa shape index (κ1) is 53.1. The van der Waals surface area contributed by atoms with Gasteiger partial charge in [-0.15, -0.1) is 0 Å². The second-order valence-corrected chi connectivity index (χ2v) is 15.1. The molecule has 3 heterocycles. The van der Waals surface area contributed by atoms with Crippen LogP contribution in [0, 0.1) is 0 Å². The topological polar surface area (TPSA) is 318 Å². The lowest BCUT2D eigenvalue weighted by molar-refractivity contribution is -0.346. The number of hydrogen-bond donors (Lipinski definition) is 3. The SMILES string of the molecule is CC(=O)NC1[C@H](O[C@@H]2C(COC(C)=O)O[C@@H](O[C@@H]3C(COC(C)=O)O[C@@H](Cl)C(NC(C)=O)[C@H]3OC(C)=O)C(NC(C)=O)[C@H]2OC(C)=O)OC(COC(C)=O)[C@@H](OC(C)=O)[C@@H]1OC(C)=O. The number of hydrogen-bond acceptors (Lipinski definition) is 22. The minimum absolute atomic E-state index is 0.572. The Morgan fingerprint density at radius 1 is 0.391 bits per heavy atom. The fourth-order valence-corrected chi connectivity index (χ4v) is 7.40. The van der Waals surface area contributed by atoms with Crippen LogP contribution in [0.4, 0.5) is 0 Å². The summed E-state index contributed by atoms with van der Waals surface area (Å²) >= 11 is 6.52. The van der Waals surface area contributed by atoms with Gasteiger partial charge in [-0.3, -0.25) is 47.9 Å². The predicted octanol–water partition coefficient (Wildman–Crippen LogP) is -1.90. The van der Waals surface area contributed by atoms with E-state index < -0.39 is 171 Å². The van der Waals surface area contributed by atoms with Crippen LogP contribution < -0.4 is 16.0 Å². The van der Waals surface area contributed by atoms with Crippen LogP contribution in [-0.2, 0) is 105 Å². The second-order valence-electron chi connectivity index (χ2n) is 14.7. The maximum Gasteiger partial charge on any atom is 0.303 e. The van der Waals surface area contributed by atoms with Crippen molar-refractivity contribution in [3.8, 4) is 0 Å². The first-order chi connectivity index (χ1) is 29.9. The van der Waals surface area contributed by atoms with Gasteiger partial charge in [-0.25, -0.2) is 0 Å². The summed E-state index contributed by atoms with van der Waals surface area (Å²) in [5.41, 5.74) is -1.41. The Labute approximate surface area is 371 Å². The highest BCUT2D eigenvalue weighted by atomic mass is 35.5. The van der Waals surface area contributed by atoms with E-state index in [-0.39, 0.29) is 0 Å². The van der Waals surface area contributed by atoms with Gasteiger partial charge in [0.15, 0.2) is 42.6 Å². The van der Waals surface area contributed by atoms with Gasteiger partial charge < -0.3 is 72.8 Å². The van der Waals surface area contributed by atoms with E-state index in [0.717, 1.165) is 69.2 Å². The summed E-state index contributed by atoms with van der Waals surface area (Å²) < 4.78 is 69.4. The lowest BCUT2D eigenvalue weighted by Crippen LogP contribution is -2.71. The molecule has 3 amide bonds. The largest absolute Gasteiger partial charge is 0.463 e. The first-order valence-electron chi connectivity index (χ1n) is 19.7. The second kappa shape index (κ2) is 24.2. The molecule has 0 saturated carbocycles. The molecule has 0 aromatic carbocycles. The zero-order chi connectivity index (χ0) is 48.2. The van der Waals surface area contributed by atoms with Crippen molar-refractivity contribution in [3.05, 3.63) is 0 Å². The average Bonchev–Trinajstić information content (AvgIpc) is 3.15. The highest BCUT2D eigenvalue weighted by Crippen LogP contribution is 2.36. The molecule has 3 saturated heterocycles. The number of carbonyl (C=O) groups is 10. The van der Waals surface area contributed by atoms with Crippen molar-refractivity contribution in [1.82, 2.24) is 16.0 Å². The molecule has 0 aromatic rings. The van der Waals surface area contributed by atoms with Crippen molar-refractivity contribution in [3.63, 3.8) is 0 Å². The Morgan fingerprint density at radius 2 is 0.672 bits per heavy atom. The summed E-state index contributed by atoms with van der Waals surface area (Å²) in [6, 6.07) is -4.53. The number of ether oxygens (including phenoxy) is 12. The minimum atomic E-state index is -1.83. The molecule has 25 nitrogen and oxygen atoms in total. The summed E-state index contributed by atoms with van der Waals surface area (Å²) in [4.78, 5) is 125. The molecule has 0 spiro atoms. The Kier molecular flexibility index (Phi) is 20.1. The summed E-state index contributed by atoms with van der Waals surface area (Å²) in [6.07, 6.45) is -17.9. The van der Waals surface area contributed by atoms with Gasteiger partial charge in [-0.05, 0) is 0 Å². The molecule has 0 radical (unpaired) electrons. The Balaban J connectivity index is 2.28. The van der Waals surface area contributed by atoms with Gasteiger partial charge in [0, 0.05) is 69.2 Å². The normalized spacial score (nSPS) is 32.3. The van der Waals surface area contributed by atoms with Crippen molar-refractivity contribution < 1.29 is 105 Å². The number of halogens is 1. The van der Waals surface area contributed by atoms with Gasteiger partial charge in [0.05, 0.1) is 0 Å². The smallest absolute Gasteiger partial charge is 0.303 e. The zero-order valence-electron chi connectivity index (χ0n) is 36.6. The molecule has 3 fully saturated rings. The van der Waals surface area contributed by atoms with Crippen LogP contribution in [0.25, 0.3) is 0 Å². The molecule has 0 aliphatic carbocycles. The lowest BCUT2D eigenvalue weighted by Gasteiger charge is -2.51. The van der Waals surface area contributed by atoms with Gasteiger partial charge in [0.1, 0.15) is 68.5 Å². The molecule has 0 bridgehead atoms. The monoisotopic (exact) mass is 939 g/mol. The van der Waals surface area contributed by atoms with Gasteiger partial charge in [-0.2, -0.15) is 0 Å². The van der Waals surface area contributed by atoms with Gasteiger partial charge in [0.25, 0.3) is 0 Å². The third-order valence-electron chi connectivity index (χ3n) is 9.18. The van der Waals surface area contributed by atoms with E-state index >= 15 is 0 Å². The third kappa shape index (κ3) is 15.8. The van der Waals surface area contributed by atoms with Crippen LogP contribution in [0.15, 0.2) is 0 Å². The number of alkyl halides is 1. The van der Waals surface area contributed by atoms with Gasteiger partial charge in [-0.1, -0.05) is 11.6 Å². The standard InChI is InChI=1S/C38H54ClN3O22/c1-14(43)40-27-33(57-21(8)50)31(24(60-36(27)39)11-53-17(4)46)63-38-29(42-16(3)45)35(59-23(10)52)32(26(62-38)13-55-19(6)48)64-37-28(41-15(2)44)34(58-22(9)51)30(56-20(7)49)25(61-37)12-54-18(5)47/h24-38H,11-13H2,1-10H3,(H,40,43)(H,41,44)(H,42,45)/t24?,25?,26?,27?,28?,29?,30-,31-,32-,33-,34-,35-,36-,37+,38+/m1/s1. The molecule has 26 heteroatoms. The quantitative estimate of drug-likeness (QED) is 0.0815. The molecule has 15 atom stereocenters. The van der Waals surface area contributed by atoms with Crippen LogP contribution in [-0.4, -0.2) is 171 Å². The number of nitrogens with one attached hydrogen (secondary N) is 3. The van der Waals surface area contributed by atoms with Gasteiger partial charge >= 0.3 is 41.8 Å². The molecular weight excluding hydrogens is 886 g/mol. The van der Waals surface area contributed by atoms with Crippen LogP contribution in [0.1, 0.15) is 69.2 Å². The average molecular weight is 940 g/mol. The summed E-state index contributed by atoms with van der Waals surface area (Å²) in [5.74, 6) is -8.23. The van der Waals surface area contributed by atoms with Crippen LogP contribution in [0.3, 0.4) is 0 Å². The fraction of sp³-hybridized carbons (Fsp3) is 0.737. The van der Waals surface area contributed by atoms with Gasteiger partial charge in [0.2, 0.25) is 17.7 Å². The van der Waals surface area contributed by atoms with Crippen LogP contribution in [0.2, 0.25) is 0 Å². The third-order valence-corrected chi connectivity index (χ3v) is 9.55. The number of amides is 3. The van der Waals surface area contributed by atoms with E-state index in [1.54, 1.807) is 0 Å². The molecule has 3 rings (SSSR count). The number of esters is 7. The van der Waals surface area contributed by atoms with E-state index in [0.29, 0.717) is 0 Å².